The molecule has 0 spiro atoms. The molecule has 3 heterocycles. The molecule has 1 aromatic carbocycles. The maximum Gasteiger partial charge on any atom is 0.257 e. The first-order valence-corrected chi connectivity index (χ1v) is 9.18. The number of methoxy groups -OCH3 is 1. The number of aromatic nitrogens is 5. The molecule has 0 unspecified atom stereocenters. The van der Waals surface area contributed by atoms with Gasteiger partial charge in [0, 0.05) is 12.6 Å². The summed E-state index contributed by atoms with van der Waals surface area (Å²) in [4.78, 5) is 4.44. The van der Waals surface area contributed by atoms with Gasteiger partial charge < -0.3 is 18.2 Å². The van der Waals surface area contributed by atoms with Crippen molar-refractivity contribution in [1.82, 2.24) is 24.9 Å². The zero-order valence-electron chi connectivity index (χ0n) is 15.0. The van der Waals surface area contributed by atoms with Crippen LogP contribution in [0.1, 0.15) is 11.6 Å². The number of hydrogen-bond donors (Lipinski definition) is 0. The van der Waals surface area contributed by atoms with Crippen LogP contribution in [0.2, 0.25) is 0 Å². The lowest BCUT2D eigenvalue weighted by Gasteiger charge is -2.01. The molecule has 0 aliphatic carbocycles. The van der Waals surface area contributed by atoms with Gasteiger partial charge in [-0.15, -0.1) is 10.2 Å². The molecule has 0 aliphatic heterocycles. The van der Waals surface area contributed by atoms with Gasteiger partial charge in [0.05, 0.1) is 24.7 Å². The predicted octanol–water partition coefficient (Wildman–Crippen LogP) is 3.73. The highest BCUT2D eigenvalue weighted by atomic mass is 32.2. The Morgan fingerprint density at radius 1 is 1.15 bits per heavy atom. The van der Waals surface area contributed by atoms with Crippen molar-refractivity contribution >= 4 is 11.8 Å². The number of nitrogens with zero attached hydrogens (tertiary/aromatic N) is 5. The van der Waals surface area contributed by atoms with E-state index < -0.39 is 0 Å². The molecule has 0 bridgehead atoms. The molecule has 4 aromatic rings. The fourth-order valence-corrected chi connectivity index (χ4v) is 3.34. The molecule has 8 nitrogen and oxygen atoms in total. The quantitative estimate of drug-likeness (QED) is 0.465. The number of ether oxygens (including phenoxy) is 1. The van der Waals surface area contributed by atoms with Crippen LogP contribution in [-0.2, 0) is 12.8 Å². The number of thioether (sulfide) groups is 1. The van der Waals surface area contributed by atoms with Crippen molar-refractivity contribution in [1.29, 1.82) is 0 Å². The Labute approximate surface area is 159 Å². The molecule has 0 atom stereocenters. The summed E-state index contributed by atoms with van der Waals surface area (Å²) in [6, 6.07) is 9.35. The molecule has 0 amide bonds. The Morgan fingerprint density at radius 3 is 2.67 bits per heavy atom. The molecule has 4 rings (SSSR count). The summed E-state index contributed by atoms with van der Waals surface area (Å²) in [5.41, 5.74) is 1.77. The SMILES string of the molecule is COc1ccc(-c2nc(CSc3nnc(-c4ccoc4C)n3C)no2)cc1. The largest absolute Gasteiger partial charge is 0.497 e. The fraction of sp³-hybridized carbons (Fsp3) is 0.222. The first-order valence-electron chi connectivity index (χ1n) is 8.19. The van der Waals surface area contributed by atoms with Gasteiger partial charge in [-0.2, -0.15) is 4.98 Å². The van der Waals surface area contributed by atoms with E-state index in [1.165, 1.54) is 11.8 Å². The Bertz CT molecular complexity index is 1050. The first-order chi connectivity index (χ1) is 13.2. The van der Waals surface area contributed by atoms with Crippen LogP contribution in [0, 0.1) is 6.92 Å². The number of aryl methyl sites for hydroxylation is 1. The second-order valence-corrected chi connectivity index (χ2v) is 6.73. The number of furan rings is 1. The normalized spacial score (nSPS) is 11.1. The van der Waals surface area contributed by atoms with Crippen LogP contribution >= 0.6 is 11.8 Å². The topological polar surface area (TPSA) is 92.0 Å². The van der Waals surface area contributed by atoms with Crippen LogP contribution in [0.25, 0.3) is 22.8 Å². The summed E-state index contributed by atoms with van der Waals surface area (Å²) in [6.45, 7) is 1.90. The zero-order valence-corrected chi connectivity index (χ0v) is 15.9. The van der Waals surface area contributed by atoms with E-state index in [4.69, 9.17) is 13.7 Å². The molecular weight excluding hydrogens is 366 g/mol. The maximum atomic E-state index is 5.35. The second-order valence-electron chi connectivity index (χ2n) is 5.79. The lowest BCUT2D eigenvalue weighted by atomic mass is 10.2. The average Bonchev–Trinajstić information content (AvgIpc) is 3.41. The Kier molecular flexibility index (Phi) is 4.68. The highest BCUT2D eigenvalue weighted by Crippen LogP contribution is 2.28. The minimum atomic E-state index is 0.473. The lowest BCUT2D eigenvalue weighted by Crippen LogP contribution is -1.95. The van der Waals surface area contributed by atoms with Gasteiger partial charge in [-0.05, 0) is 37.3 Å². The van der Waals surface area contributed by atoms with Crippen LogP contribution < -0.4 is 4.74 Å². The first kappa shape index (κ1) is 17.3. The van der Waals surface area contributed by atoms with Crippen LogP contribution in [0.3, 0.4) is 0 Å². The van der Waals surface area contributed by atoms with Gasteiger partial charge in [-0.25, -0.2) is 0 Å². The van der Waals surface area contributed by atoms with Gasteiger partial charge >= 0.3 is 0 Å². The van der Waals surface area contributed by atoms with E-state index in [-0.39, 0.29) is 0 Å². The molecule has 0 saturated heterocycles. The van der Waals surface area contributed by atoms with E-state index in [2.05, 4.69) is 20.3 Å². The van der Waals surface area contributed by atoms with Crippen molar-refractivity contribution in [3.05, 3.63) is 48.2 Å². The molecule has 0 saturated carbocycles. The molecule has 27 heavy (non-hydrogen) atoms. The minimum Gasteiger partial charge on any atom is -0.497 e. The van der Waals surface area contributed by atoms with Crippen molar-refractivity contribution in [2.24, 2.45) is 7.05 Å². The summed E-state index contributed by atoms with van der Waals surface area (Å²) < 4.78 is 17.8. The fourth-order valence-electron chi connectivity index (χ4n) is 2.58. The molecule has 3 aromatic heterocycles. The number of benzene rings is 1. The van der Waals surface area contributed by atoms with Gasteiger partial charge in [0.1, 0.15) is 11.5 Å². The van der Waals surface area contributed by atoms with Crippen molar-refractivity contribution in [2.45, 2.75) is 17.8 Å². The standard InChI is InChI=1S/C18H17N5O3S/c1-11-14(8-9-25-11)16-20-21-18(23(16)2)27-10-15-19-17(26-22-15)12-4-6-13(24-3)7-5-12/h4-9H,10H2,1-3H3. The van der Waals surface area contributed by atoms with Crippen LogP contribution in [0.4, 0.5) is 0 Å². The lowest BCUT2D eigenvalue weighted by molar-refractivity contribution is 0.414. The molecule has 138 valence electrons. The van der Waals surface area contributed by atoms with Crippen molar-refractivity contribution in [3.63, 3.8) is 0 Å². The average molecular weight is 383 g/mol. The molecule has 0 aliphatic rings. The van der Waals surface area contributed by atoms with Gasteiger partial charge in [0.2, 0.25) is 0 Å². The third kappa shape index (κ3) is 3.45. The summed E-state index contributed by atoms with van der Waals surface area (Å²) >= 11 is 1.49. The summed E-state index contributed by atoms with van der Waals surface area (Å²) in [5, 5.41) is 13.3. The summed E-state index contributed by atoms with van der Waals surface area (Å²) in [5.74, 6) is 3.94. The highest BCUT2D eigenvalue weighted by Gasteiger charge is 2.16. The van der Waals surface area contributed by atoms with E-state index in [1.807, 2.05) is 48.9 Å². The smallest absolute Gasteiger partial charge is 0.257 e. The summed E-state index contributed by atoms with van der Waals surface area (Å²) in [7, 11) is 3.55. The maximum absolute atomic E-state index is 5.35. The third-order valence-electron chi connectivity index (χ3n) is 4.07. The molecular formula is C18H17N5O3S. The summed E-state index contributed by atoms with van der Waals surface area (Å²) in [6.07, 6.45) is 1.65. The van der Waals surface area contributed by atoms with Gasteiger partial charge in [-0.1, -0.05) is 16.9 Å². The van der Waals surface area contributed by atoms with Crippen molar-refractivity contribution < 1.29 is 13.7 Å². The van der Waals surface area contributed by atoms with E-state index in [9.17, 15) is 0 Å². The van der Waals surface area contributed by atoms with Crippen LogP contribution in [0.15, 0.2) is 50.7 Å². The third-order valence-corrected chi connectivity index (χ3v) is 5.09. The van der Waals surface area contributed by atoms with Crippen molar-refractivity contribution in [2.75, 3.05) is 7.11 Å². The Balaban J connectivity index is 1.46. The monoisotopic (exact) mass is 383 g/mol. The van der Waals surface area contributed by atoms with Crippen molar-refractivity contribution in [3.8, 4) is 28.6 Å². The van der Waals surface area contributed by atoms with Gasteiger partial charge in [-0.3, -0.25) is 0 Å². The molecule has 0 radical (unpaired) electrons. The van der Waals surface area contributed by atoms with E-state index in [0.29, 0.717) is 17.5 Å². The van der Waals surface area contributed by atoms with E-state index in [0.717, 1.165) is 33.6 Å². The van der Waals surface area contributed by atoms with Gasteiger partial charge in [0.15, 0.2) is 16.8 Å². The Morgan fingerprint density at radius 2 is 1.96 bits per heavy atom. The zero-order chi connectivity index (χ0) is 18.8. The van der Waals surface area contributed by atoms with Crippen LogP contribution in [0.5, 0.6) is 5.75 Å². The van der Waals surface area contributed by atoms with E-state index >= 15 is 0 Å². The second kappa shape index (κ2) is 7.28. The highest BCUT2D eigenvalue weighted by molar-refractivity contribution is 7.98. The van der Waals surface area contributed by atoms with Crippen LogP contribution in [-0.4, -0.2) is 32.0 Å². The number of hydrogen-bond acceptors (Lipinski definition) is 8. The molecule has 0 fully saturated rings. The van der Waals surface area contributed by atoms with E-state index in [1.54, 1.807) is 13.4 Å². The minimum absolute atomic E-state index is 0.473. The molecule has 9 heteroatoms. The molecule has 0 N–H and O–H groups in total. The number of rotatable bonds is 6. The van der Waals surface area contributed by atoms with Gasteiger partial charge in [0.25, 0.3) is 5.89 Å². The Hall–Kier alpha value is -3.07. The predicted molar refractivity (Wildman–Crippen MR) is 99.3 cm³/mol.